The molecule has 0 spiro atoms. The summed E-state index contributed by atoms with van der Waals surface area (Å²) in [6.45, 7) is 4.95. The van der Waals surface area contributed by atoms with Gasteiger partial charge in [0.15, 0.2) is 0 Å². The third kappa shape index (κ3) is 2.59. The first-order valence-electron chi connectivity index (χ1n) is 6.52. The van der Waals surface area contributed by atoms with Gasteiger partial charge in [-0.2, -0.15) is 0 Å². The summed E-state index contributed by atoms with van der Waals surface area (Å²) < 4.78 is 5.96. The zero-order chi connectivity index (χ0) is 14.1. The highest BCUT2D eigenvalue weighted by atomic mass is 35.5. The number of fused-ring (bicyclic) bond motifs is 1. The van der Waals surface area contributed by atoms with Crippen LogP contribution >= 0.6 is 22.9 Å². The van der Waals surface area contributed by atoms with Crippen LogP contribution in [0.3, 0.4) is 0 Å². The van der Waals surface area contributed by atoms with Crippen LogP contribution in [0.2, 0.25) is 5.02 Å². The Balaban J connectivity index is 2.04. The minimum Gasteiger partial charge on any atom is -0.459 e. The van der Waals surface area contributed by atoms with Crippen LogP contribution in [-0.2, 0) is 0 Å². The summed E-state index contributed by atoms with van der Waals surface area (Å²) in [6.07, 6.45) is 1.91. The third-order valence-corrected chi connectivity index (χ3v) is 4.33. The Morgan fingerprint density at radius 2 is 2.25 bits per heavy atom. The molecule has 1 N–H and O–H groups in total. The molecule has 0 fully saturated rings. The van der Waals surface area contributed by atoms with Crippen LogP contribution in [0.25, 0.3) is 11.0 Å². The van der Waals surface area contributed by atoms with Gasteiger partial charge in [-0.3, -0.25) is 0 Å². The van der Waals surface area contributed by atoms with Gasteiger partial charge in [0.25, 0.3) is 0 Å². The van der Waals surface area contributed by atoms with Crippen molar-refractivity contribution in [3.05, 3.63) is 51.1 Å². The lowest BCUT2D eigenvalue weighted by molar-refractivity contribution is 0.480. The number of nitrogens with one attached hydrogen (secondary N) is 1. The molecule has 2 aromatic heterocycles. The van der Waals surface area contributed by atoms with E-state index in [0.29, 0.717) is 0 Å². The fourth-order valence-electron chi connectivity index (χ4n) is 2.23. The van der Waals surface area contributed by atoms with E-state index >= 15 is 0 Å². The number of hydrogen-bond donors (Lipinski definition) is 1. The topological polar surface area (TPSA) is 38.1 Å². The molecular formula is C15H15ClN2OS. The van der Waals surface area contributed by atoms with Gasteiger partial charge in [0.2, 0.25) is 0 Å². The SMILES string of the molecule is CCNC(c1cc2cc(Cl)ccc2o1)c1cnc(C)s1. The summed E-state index contributed by atoms with van der Waals surface area (Å²) >= 11 is 7.71. The smallest absolute Gasteiger partial charge is 0.134 e. The molecule has 0 aliphatic carbocycles. The van der Waals surface area contributed by atoms with Crippen LogP contribution in [0, 0.1) is 6.92 Å². The molecule has 1 unspecified atom stereocenters. The minimum atomic E-state index is 0.0392. The Labute approximate surface area is 126 Å². The maximum atomic E-state index is 6.02. The summed E-state index contributed by atoms with van der Waals surface area (Å²) in [5, 5.41) is 6.25. The molecular weight excluding hydrogens is 292 g/mol. The zero-order valence-corrected chi connectivity index (χ0v) is 12.9. The lowest BCUT2D eigenvalue weighted by Crippen LogP contribution is -2.20. The molecule has 0 saturated heterocycles. The van der Waals surface area contributed by atoms with E-state index in [-0.39, 0.29) is 6.04 Å². The molecule has 0 aliphatic heterocycles. The van der Waals surface area contributed by atoms with Crippen LogP contribution in [0.15, 0.2) is 34.9 Å². The summed E-state index contributed by atoms with van der Waals surface area (Å²) in [5.41, 5.74) is 0.855. The molecule has 1 aromatic carbocycles. The lowest BCUT2D eigenvalue weighted by atomic mass is 10.2. The first-order valence-corrected chi connectivity index (χ1v) is 7.71. The van der Waals surface area contributed by atoms with Crippen LogP contribution in [-0.4, -0.2) is 11.5 Å². The second-order valence-electron chi connectivity index (χ2n) is 4.60. The summed E-state index contributed by atoms with van der Waals surface area (Å²) in [4.78, 5) is 5.49. The number of halogens is 1. The molecule has 3 rings (SSSR count). The van der Waals surface area contributed by atoms with Gasteiger partial charge in [-0.05, 0) is 37.7 Å². The Morgan fingerprint density at radius 1 is 1.40 bits per heavy atom. The van der Waals surface area contributed by atoms with Crippen molar-refractivity contribution in [3.8, 4) is 0 Å². The maximum Gasteiger partial charge on any atom is 0.134 e. The predicted molar refractivity (Wildman–Crippen MR) is 83.6 cm³/mol. The minimum absolute atomic E-state index is 0.0392. The number of furan rings is 1. The molecule has 1 atom stereocenters. The van der Waals surface area contributed by atoms with Crippen molar-refractivity contribution in [2.24, 2.45) is 0 Å². The first kappa shape index (κ1) is 13.6. The monoisotopic (exact) mass is 306 g/mol. The molecule has 3 aromatic rings. The number of benzene rings is 1. The second kappa shape index (κ2) is 5.56. The largest absolute Gasteiger partial charge is 0.459 e. The van der Waals surface area contributed by atoms with E-state index in [4.69, 9.17) is 16.0 Å². The maximum absolute atomic E-state index is 6.02. The van der Waals surface area contributed by atoms with Crippen molar-refractivity contribution in [3.63, 3.8) is 0 Å². The molecule has 20 heavy (non-hydrogen) atoms. The van der Waals surface area contributed by atoms with Gasteiger partial charge in [0.05, 0.1) is 5.01 Å². The molecule has 0 saturated carbocycles. The van der Waals surface area contributed by atoms with E-state index in [1.165, 1.54) is 0 Å². The Morgan fingerprint density at radius 3 is 2.95 bits per heavy atom. The molecule has 0 radical (unpaired) electrons. The first-order chi connectivity index (χ1) is 9.67. The predicted octanol–water partition coefficient (Wildman–Crippen LogP) is 4.55. The van der Waals surface area contributed by atoms with E-state index in [2.05, 4.69) is 17.2 Å². The van der Waals surface area contributed by atoms with Crippen molar-refractivity contribution in [2.45, 2.75) is 19.9 Å². The fourth-order valence-corrected chi connectivity index (χ4v) is 3.28. The fraction of sp³-hybridized carbons (Fsp3) is 0.267. The Kier molecular flexibility index (Phi) is 3.78. The van der Waals surface area contributed by atoms with Gasteiger partial charge in [0, 0.05) is 21.5 Å². The number of aryl methyl sites for hydroxylation is 1. The van der Waals surface area contributed by atoms with Crippen molar-refractivity contribution >= 4 is 33.9 Å². The van der Waals surface area contributed by atoms with Crippen LogP contribution in [0.4, 0.5) is 0 Å². The van der Waals surface area contributed by atoms with E-state index < -0.39 is 0 Å². The molecule has 0 bridgehead atoms. The van der Waals surface area contributed by atoms with Crippen LogP contribution < -0.4 is 5.32 Å². The van der Waals surface area contributed by atoms with Crippen molar-refractivity contribution in [2.75, 3.05) is 6.54 Å². The normalized spacial score (nSPS) is 12.9. The second-order valence-corrected chi connectivity index (χ2v) is 6.31. The number of thiazole rings is 1. The van der Waals surface area contributed by atoms with Gasteiger partial charge in [0.1, 0.15) is 17.4 Å². The standard InChI is InChI=1S/C15H15ClN2OS/c1-3-17-15(14-8-18-9(2)20-14)13-7-10-6-11(16)4-5-12(10)19-13/h4-8,15,17H,3H2,1-2H3. The van der Waals surface area contributed by atoms with Gasteiger partial charge in [-0.1, -0.05) is 18.5 Å². The summed E-state index contributed by atoms with van der Waals surface area (Å²) in [7, 11) is 0. The molecule has 5 heteroatoms. The molecule has 0 aliphatic rings. The molecule has 104 valence electrons. The van der Waals surface area contributed by atoms with Gasteiger partial charge in [-0.25, -0.2) is 4.98 Å². The van der Waals surface area contributed by atoms with E-state index in [0.717, 1.165) is 38.2 Å². The highest BCUT2D eigenvalue weighted by molar-refractivity contribution is 7.11. The number of aromatic nitrogens is 1. The number of nitrogens with zero attached hydrogens (tertiary/aromatic N) is 1. The van der Waals surface area contributed by atoms with Gasteiger partial charge < -0.3 is 9.73 Å². The van der Waals surface area contributed by atoms with Gasteiger partial charge in [-0.15, -0.1) is 11.3 Å². The number of hydrogen-bond acceptors (Lipinski definition) is 4. The molecule has 3 nitrogen and oxygen atoms in total. The molecule has 0 amide bonds. The van der Waals surface area contributed by atoms with Crippen LogP contribution in [0.5, 0.6) is 0 Å². The van der Waals surface area contributed by atoms with Crippen LogP contribution in [0.1, 0.15) is 28.6 Å². The lowest BCUT2D eigenvalue weighted by Gasteiger charge is -2.12. The van der Waals surface area contributed by atoms with E-state index in [9.17, 15) is 0 Å². The number of rotatable bonds is 4. The van der Waals surface area contributed by atoms with E-state index in [1.807, 2.05) is 37.4 Å². The average Bonchev–Trinajstić information content (AvgIpc) is 3.01. The Hall–Kier alpha value is -1.36. The van der Waals surface area contributed by atoms with Gasteiger partial charge >= 0.3 is 0 Å². The van der Waals surface area contributed by atoms with E-state index in [1.54, 1.807) is 11.3 Å². The quantitative estimate of drug-likeness (QED) is 0.768. The third-order valence-electron chi connectivity index (χ3n) is 3.11. The summed E-state index contributed by atoms with van der Waals surface area (Å²) in [5.74, 6) is 0.896. The highest BCUT2D eigenvalue weighted by Crippen LogP contribution is 2.32. The van der Waals surface area contributed by atoms with Crippen molar-refractivity contribution in [1.29, 1.82) is 0 Å². The summed E-state index contributed by atoms with van der Waals surface area (Å²) in [6, 6.07) is 7.75. The zero-order valence-electron chi connectivity index (χ0n) is 11.3. The van der Waals surface area contributed by atoms with Crippen molar-refractivity contribution in [1.82, 2.24) is 10.3 Å². The Bertz CT molecular complexity index is 734. The highest BCUT2D eigenvalue weighted by Gasteiger charge is 2.19. The molecule has 2 heterocycles. The average molecular weight is 307 g/mol. The van der Waals surface area contributed by atoms with Crippen molar-refractivity contribution < 1.29 is 4.42 Å².